The van der Waals surface area contributed by atoms with E-state index in [2.05, 4.69) is 62.4 Å². The molecule has 0 aliphatic carbocycles. The maximum atomic E-state index is 2.16. The van der Waals surface area contributed by atoms with Crippen LogP contribution in [0.25, 0.3) is 0 Å². The van der Waals surface area contributed by atoms with Gasteiger partial charge in [-0.1, -0.05) is 26.7 Å². The van der Waals surface area contributed by atoms with Gasteiger partial charge in [-0.2, -0.15) is 47.5 Å². The van der Waals surface area contributed by atoms with E-state index in [0.717, 1.165) is 12.8 Å². The zero-order valence-electron chi connectivity index (χ0n) is 9.41. The average molecular weight is 241 g/mol. The van der Waals surface area contributed by atoms with E-state index in [-0.39, 0.29) is 17.1 Å². The summed E-state index contributed by atoms with van der Waals surface area (Å²) in [6.07, 6.45) is 2.32. The van der Waals surface area contributed by atoms with Crippen LogP contribution in [0, 0.1) is 0 Å². The van der Waals surface area contributed by atoms with Crippen molar-refractivity contribution in [3.8, 4) is 0 Å². The molecule has 0 aliphatic rings. The van der Waals surface area contributed by atoms with E-state index in [1.165, 1.54) is 11.1 Å². The van der Waals surface area contributed by atoms with Crippen LogP contribution in [0.2, 0.25) is 0 Å². The molecule has 0 saturated heterocycles. The maximum absolute atomic E-state index is 2.16. The Hall–Kier alpha value is -0.781. The molecule has 0 spiro atoms. The van der Waals surface area contributed by atoms with Crippen molar-refractivity contribution in [3.63, 3.8) is 0 Å². The van der Waals surface area contributed by atoms with Gasteiger partial charge in [0.15, 0.2) is 0 Å². The molecule has 2 rings (SSSR count). The van der Waals surface area contributed by atoms with Gasteiger partial charge in [-0.3, -0.25) is 0 Å². The molecule has 0 aromatic heterocycles. The summed E-state index contributed by atoms with van der Waals surface area (Å²) < 4.78 is 0. The van der Waals surface area contributed by atoms with Gasteiger partial charge in [0, 0.05) is 0 Å². The molecule has 2 aromatic carbocycles. The van der Waals surface area contributed by atoms with Crippen LogP contribution < -0.4 is 0 Å². The Labute approximate surface area is 104 Å². The number of hydrogen-bond acceptors (Lipinski definition) is 0. The summed E-state index contributed by atoms with van der Waals surface area (Å²) in [5.41, 5.74) is 2.86. The molecule has 0 unspecified atom stereocenters. The maximum Gasteiger partial charge on any atom is 2.00 e. The fourth-order valence-electron chi connectivity index (χ4n) is 1.30. The largest absolute Gasteiger partial charge is 2.00 e. The first-order chi connectivity index (χ1) is 6.86. The number of hydrogen-bond donors (Lipinski definition) is 0. The molecule has 0 saturated carbocycles. The molecule has 0 nitrogen and oxygen atoms in total. The fraction of sp³-hybridized carbons (Fsp3) is 0.286. The molecule has 0 bridgehead atoms. The van der Waals surface area contributed by atoms with E-state index < -0.39 is 0 Å². The van der Waals surface area contributed by atoms with Crippen LogP contribution in [-0.4, -0.2) is 0 Å². The summed E-state index contributed by atoms with van der Waals surface area (Å²) >= 11 is 0. The van der Waals surface area contributed by atoms with Crippen LogP contribution in [0.4, 0.5) is 0 Å². The van der Waals surface area contributed by atoms with Gasteiger partial charge in [-0.15, -0.1) is 0 Å². The molecule has 0 atom stereocenters. The second kappa shape index (κ2) is 8.52. The molecular formula is C14H18Mn. The van der Waals surface area contributed by atoms with E-state index in [4.69, 9.17) is 0 Å². The minimum Gasteiger partial charge on any atom is -0.211 e. The fourth-order valence-corrected chi connectivity index (χ4v) is 1.30. The molecule has 1 radical (unpaired) electrons. The Kier molecular flexibility index (Phi) is 8.08. The Balaban J connectivity index is 0.000000245. The Morgan fingerprint density at radius 2 is 1.27 bits per heavy atom. The standard InChI is InChI=1S/2C7H9.Mn/c2*1-2-7-5-3-4-6-7;/h2*3-6H,2H2,1H3;/q2*-1;+2. The summed E-state index contributed by atoms with van der Waals surface area (Å²) in [6, 6.07) is 16.8. The smallest absolute Gasteiger partial charge is 0.211 e. The van der Waals surface area contributed by atoms with Crippen molar-refractivity contribution < 1.29 is 17.1 Å². The first-order valence-corrected chi connectivity index (χ1v) is 5.28. The molecule has 0 amide bonds. The van der Waals surface area contributed by atoms with Gasteiger partial charge in [0.2, 0.25) is 0 Å². The number of rotatable bonds is 2. The summed E-state index contributed by atoms with van der Waals surface area (Å²) in [5.74, 6) is 0. The Morgan fingerprint density at radius 3 is 1.40 bits per heavy atom. The predicted octanol–water partition coefficient (Wildman–Crippen LogP) is 3.93. The van der Waals surface area contributed by atoms with E-state index in [9.17, 15) is 0 Å². The van der Waals surface area contributed by atoms with E-state index in [1.807, 2.05) is 0 Å². The summed E-state index contributed by atoms with van der Waals surface area (Å²) in [5, 5.41) is 0. The van der Waals surface area contributed by atoms with Gasteiger partial charge >= 0.3 is 17.1 Å². The van der Waals surface area contributed by atoms with E-state index in [0.29, 0.717) is 0 Å². The Bertz CT molecular complexity index is 269. The van der Waals surface area contributed by atoms with Gasteiger partial charge in [0.25, 0.3) is 0 Å². The van der Waals surface area contributed by atoms with Crippen LogP contribution in [0.1, 0.15) is 25.0 Å². The number of aryl methyl sites for hydroxylation is 2. The molecule has 2 aromatic rings. The minimum absolute atomic E-state index is 0. The zero-order valence-corrected chi connectivity index (χ0v) is 10.6. The minimum atomic E-state index is 0. The summed E-state index contributed by atoms with van der Waals surface area (Å²) in [7, 11) is 0. The molecule has 0 N–H and O–H groups in total. The van der Waals surface area contributed by atoms with E-state index in [1.54, 1.807) is 0 Å². The van der Waals surface area contributed by atoms with Crippen LogP contribution >= 0.6 is 0 Å². The molecule has 0 aliphatic heterocycles. The summed E-state index contributed by atoms with van der Waals surface area (Å²) in [4.78, 5) is 0. The molecule has 0 heterocycles. The van der Waals surface area contributed by atoms with Crippen LogP contribution in [-0.2, 0) is 29.9 Å². The SMILES string of the molecule is CCc1cc[cH-]c1.CCc1cc[cH-]c1.[Mn+2]. The van der Waals surface area contributed by atoms with Crippen molar-refractivity contribution in [3.05, 3.63) is 59.7 Å². The Morgan fingerprint density at radius 1 is 0.867 bits per heavy atom. The van der Waals surface area contributed by atoms with Crippen LogP contribution in [0.5, 0.6) is 0 Å². The topological polar surface area (TPSA) is 0 Å². The van der Waals surface area contributed by atoms with Crippen molar-refractivity contribution in [2.45, 2.75) is 26.7 Å². The first kappa shape index (κ1) is 14.2. The van der Waals surface area contributed by atoms with Gasteiger partial charge in [-0.25, -0.2) is 12.1 Å². The van der Waals surface area contributed by atoms with Crippen molar-refractivity contribution in [1.29, 1.82) is 0 Å². The first-order valence-electron chi connectivity index (χ1n) is 5.28. The molecular weight excluding hydrogens is 223 g/mol. The second-order valence-electron chi connectivity index (χ2n) is 3.29. The molecule has 1 heteroatoms. The van der Waals surface area contributed by atoms with Crippen molar-refractivity contribution in [2.24, 2.45) is 0 Å². The van der Waals surface area contributed by atoms with Crippen molar-refractivity contribution in [1.82, 2.24) is 0 Å². The quantitative estimate of drug-likeness (QED) is 0.552. The monoisotopic (exact) mass is 241 g/mol. The average Bonchev–Trinajstić information content (AvgIpc) is 2.92. The second-order valence-corrected chi connectivity index (χ2v) is 3.29. The third-order valence-corrected chi connectivity index (χ3v) is 2.28. The predicted molar refractivity (Wildman–Crippen MR) is 62.8 cm³/mol. The van der Waals surface area contributed by atoms with Crippen molar-refractivity contribution in [2.75, 3.05) is 0 Å². The van der Waals surface area contributed by atoms with Gasteiger partial charge in [-0.05, 0) is 0 Å². The van der Waals surface area contributed by atoms with Gasteiger partial charge in [0.05, 0.1) is 0 Å². The zero-order chi connectivity index (χ0) is 10.2. The van der Waals surface area contributed by atoms with Crippen LogP contribution in [0.3, 0.4) is 0 Å². The van der Waals surface area contributed by atoms with Gasteiger partial charge in [0.1, 0.15) is 0 Å². The summed E-state index contributed by atoms with van der Waals surface area (Å²) in [6.45, 7) is 4.32. The molecule has 15 heavy (non-hydrogen) atoms. The normalized spacial score (nSPS) is 8.67. The molecule has 81 valence electrons. The van der Waals surface area contributed by atoms with E-state index >= 15 is 0 Å². The third-order valence-electron chi connectivity index (χ3n) is 2.28. The van der Waals surface area contributed by atoms with Gasteiger partial charge < -0.3 is 0 Å². The van der Waals surface area contributed by atoms with Crippen molar-refractivity contribution >= 4 is 0 Å². The third kappa shape index (κ3) is 5.61. The van der Waals surface area contributed by atoms with Crippen LogP contribution in [0.15, 0.2) is 48.5 Å². The molecule has 0 fully saturated rings.